The van der Waals surface area contributed by atoms with Gasteiger partial charge >= 0.3 is 6.09 Å². The summed E-state index contributed by atoms with van der Waals surface area (Å²) in [6.07, 6.45) is -0.609. The van der Waals surface area contributed by atoms with Crippen molar-refractivity contribution < 1.29 is 14.7 Å². The summed E-state index contributed by atoms with van der Waals surface area (Å²) in [6, 6.07) is 8.47. The van der Waals surface area contributed by atoms with Crippen LogP contribution in [0.1, 0.15) is 12.5 Å². The molecule has 0 aromatic heterocycles. The zero-order valence-corrected chi connectivity index (χ0v) is 10.8. The van der Waals surface area contributed by atoms with Gasteiger partial charge in [-0.25, -0.2) is 4.79 Å². The fourth-order valence-electron chi connectivity index (χ4n) is 1.63. The average Bonchev–Trinajstić information content (AvgIpc) is 2.36. The van der Waals surface area contributed by atoms with Gasteiger partial charge in [0.05, 0.1) is 12.1 Å². The number of nitrogens with one attached hydrogen (secondary N) is 2. The lowest BCUT2D eigenvalue weighted by Gasteiger charge is -2.18. The van der Waals surface area contributed by atoms with Crippen molar-refractivity contribution >= 4 is 12.0 Å². The van der Waals surface area contributed by atoms with E-state index in [9.17, 15) is 9.59 Å². The molecule has 6 nitrogen and oxygen atoms in total. The molecule has 6 heteroatoms. The molecule has 0 saturated heterocycles. The molecule has 104 valence electrons. The molecule has 0 saturated carbocycles. The van der Waals surface area contributed by atoms with Crippen molar-refractivity contribution in [2.75, 3.05) is 6.54 Å². The number of hydrogen-bond donors (Lipinski definition) is 4. The SMILES string of the molecule is C[C@@H](N)C(=O)NC[C@H](Cc1ccccc1)NC(=O)O. The molecule has 1 aromatic carbocycles. The van der Waals surface area contributed by atoms with Crippen LogP contribution in [-0.4, -0.2) is 35.7 Å². The van der Waals surface area contributed by atoms with Gasteiger partial charge in [0.2, 0.25) is 5.91 Å². The summed E-state index contributed by atoms with van der Waals surface area (Å²) in [5, 5.41) is 13.8. The lowest BCUT2D eigenvalue weighted by Crippen LogP contribution is -2.47. The second-order valence-electron chi connectivity index (χ2n) is 4.37. The lowest BCUT2D eigenvalue weighted by molar-refractivity contribution is -0.122. The zero-order valence-electron chi connectivity index (χ0n) is 10.8. The molecule has 0 fully saturated rings. The minimum atomic E-state index is -1.11. The van der Waals surface area contributed by atoms with Gasteiger partial charge < -0.3 is 21.5 Å². The summed E-state index contributed by atoms with van der Waals surface area (Å²) in [6.45, 7) is 1.79. The average molecular weight is 265 g/mol. The van der Waals surface area contributed by atoms with E-state index in [2.05, 4.69) is 10.6 Å². The van der Waals surface area contributed by atoms with Crippen LogP contribution in [0.3, 0.4) is 0 Å². The van der Waals surface area contributed by atoms with Crippen LogP contribution in [0, 0.1) is 0 Å². The highest BCUT2D eigenvalue weighted by Crippen LogP contribution is 2.02. The molecule has 0 radical (unpaired) electrons. The van der Waals surface area contributed by atoms with E-state index in [0.717, 1.165) is 5.56 Å². The molecule has 0 aliphatic carbocycles. The second-order valence-corrected chi connectivity index (χ2v) is 4.37. The summed E-state index contributed by atoms with van der Waals surface area (Å²) < 4.78 is 0. The van der Waals surface area contributed by atoms with E-state index in [-0.39, 0.29) is 18.5 Å². The fraction of sp³-hybridized carbons (Fsp3) is 0.385. The third-order valence-electron chi connectivity index (χ3n) is 2.59. The molecule has 2 atom stereocenters. The summed E-state index contributed by atoms with van der Waals surface area (Å²) in [7, 11) is 0. The van der Waals surface area contributed by atoms with Crippen LogP contribution in [-0.2, 0) is 11.2 Å². The van der Waals surface area contributed by atoms with Crippen LogP contribution in [0.2, 0.25) is 0 Å². The summed E-state index contributed by atoms with van der Waals surface area (Å²) >= 11 is 0. The molecule has 0 heterocycles. The quantitative estimate of drug-likeness (QED) is 0.595. The Bertz CT molecular complexity index is 420. The van der Waals surface area contributed by atoms with Crippen LogP contribution < -0.4 is 16.4 Å². The van der Waals surface area contributed by atoms with Crippen molar-refractivity contribution in [3.8, 4) is 0 Å². The van der Waals surface area contributed by atoms with Gasteiger partial charge in [-0.15, -0.1) is 0 Å². The first-order chi connectivity index (χ1) is 8.99. The molecule has 1 rings (SSSR count). The second kappa shape index (κ2) is 7.38. The third kappa shape index (κ3) is 5.87. The van der Waals surface area contributed by atoms with Gasteiger partial charge in [0.1, 0.15) is 0 Å². The number of nitrogens with two attached hydrogens (primary N) is 1. The van der Waals surface area contributed by atoms with Gasteiger partial charge in [0, 0.05) is 6.54 Å². The first-order valence-corrected chi connectivity index (χ1v) is 6.05. The van der Waals surface area contributed by atoms with E-state index >= 15 is 0 Å². The van der Waals surface area contributed by atoms with Gasteiger partial charge in [0.15, 0.2) is 0 Å². The molecule has 0 bridgehead atoms. The van der Waals surface area contributed by atoms with E-state index in [4.69, 9.17) is 10.8 Å². The largest absolute Gasteiger partial charge is 0.465 e. The standard InChI is InChI=1S/C13H19N3O3/c1-9(14)12(17)15-8-11(16-13(18)19)7-10-5-3-2-4-6-10/h2-6,9,11,16H,7-8,14H2,1H3,(H,15,17)(H,18,19)/t9-,11+/m1/s1. The zero-order chi connectivity index (χ0) is 14.3. The Kier molecular flexibility index (Phi) is 5.81. The highest BCUT2D eigenvalue weighted by atomic mass is 16.4. The molecular weight excluding hydrogens is 246 g/mol. The number of rotatable bonds is 6. The minimum absolute atomic E-state index is 0.210. The van der Waals surface area contributed by atoms with Crippen LogP contribution in [0.15, 0.2) is 30.3 Å². The first kappa shape index (κ1) is 15.0. The smallest absolute Gasteiger partial charge is 0.404 e. The van der Waals surface area contributed by atoms with Crippen molar-refractivity contribution in [3.05, 3.63) is 35.9 Å². The number of amides is 2. The molecule has 0 unspecified atom stereocenters. The highest BCUT2D eigenvalue weighted by molar-refractivity contribution is 5.81. The predicted molar refractivity (Wildman–Crippen MR) is 71.8 cm³/mol. The number of hydrogen-bond acceptors (Lipinski definition) is 3. The Morgan fingerprint density at radius 1 is 1.32 bits per heavy atom. The maximum Gasteiger partial charge on any atom is 0.404 e. The molecule has 0 aliphatic heterocycles. The van der Waals surface area contributed by atoms with Crippen molar-refractivity contribution in [2.24, 2.45) is 5.73 Å². The third-order valence-corrected chi connectivity index (χ3v) is 2.59. The summed E-state index contributed by atoms with van der Waals surface area (Å²) in [4.78, 5) is 22.1. The van der Waals surface area contributed by atoms with E-state index in [1.54, 1.807) is 6.92 Å². The van der Waals surface area contributed by atoms with E-state index < -0.39 is 12.1 Å². The molecule has 2 amide bonds. The van der Waals surface area contributed by atoms with Gasteiger partial charge in [-0.3, -0.25) is 4.79 Å². The van der Waals surface area contributed by atoms with Crippen molar-refractivity contribution in [1.82, 2.24) is 10.6 Å². The Balaban J connectivity index is 2.57. The number of benzene rings is 1. The maximum atomic E-state index is 11.4. The van der Waals surface area contributed by atoms with Crippen molar-refractivity contribution in [2.45, 2.75) is 25.4 Å². The molecule has 0 spiro atoms. The summed E-state index contributed by atoms with van der Waals surface area (Å²) in [5.41, 5.74) is 6.42. The number of carbonyl (C=O) groups excluding carboxylic acids is 1. The predicted octanol–water partition coefficient (Wildman–Crippen LogP) is 0.329. The molecule has 1 aromatic rings. The molecule has 5 N–H and O–H groups in total. The molecule has 0 aliphatic rings. The van der Waals surface area contributed by atoms with Crippen LogP contribution in [0.5, 0.6) is 0 Å². The van der Waals surface area contributed by atoms with Gasteiger partial charge in [0.25, 0.3) is 0 Å². The Morgan fingerprint density at radius 3 is 2.47 bits per heavy atom. The Hall–Kier alpha value is -2.08. The van der Waals surface area contributed by atoms with E-state index in [0.29, 0.717) is 6.42 Å². The van der Waals surface area contributed by atoms with E-state index in [1.165, 1.54) is 0 Å². The summed E-state index contributed by atoms with van der Waals surface area (Å²) in [5.74, 6) is -0.301. The lowest BCUT2D eigenvalue weighted by atomic mass is 10.1. The Morgan fingerprint density at radius 2 is 1.95 bits per heavy atom. The minimum Gasteiger partial charge on any atom is -0.465 e. The van der Waals surface area contributed by atoms with Crippen molar-refractivity contribution in [1.29, 1.82) is 0 Å². The normalized spacial score (nSPS) is 13.4. The molecular formula is C13H19N3O3. The highest BCUT2D eigenvalue weighted by Gasteiger charge is 2.15. The maximum absolute atomic E-state index is 11.4. The van der Waals surface area contributed by atoms with Gasteiger partial charge in [-0.05, 0) is 18.9 Å². The van der Waals surface area contributed by atoms with Crippen LogP contribution in [0.25, 0.3) is 0 Å². The van der Waals surface area contributed by atoms with Crippen LogP contribution >= 0.6 is 0 Å². The number of carbonyl (C=O) groups is 2. The van der Waals surface area contributed by atoms with Crippen LogP contribution in [0.4, 0.5) is 4.79 Å². The number of carboxylic acid groups (broad SMARTS) is 1. The van der Waals surface area contributed by atoms with Gasteiger partial charge in [-0.1, -0.05) is 30.3 Å². The topological polar surface area (TPSA) is 104 Å². The molecule has 19 heavy (non-hydrogen) atoms. The van der Waals surface area contributed by atoms with Gasteiger partial charge in [-0.2, -0.15) is 0 Å². The van der Waals surface area contributed by atoms with Crippen molar-refractivity contribution in [3.63, 3.8) is 0 Å². The fourth-order valence-corrected chi connectivity index (χ4v) is 1.63. The monoisotopic (exact) mass is 265 g/mol. The first-order valence-electron chi connectivity index (χ1n) is 6.05. The van der Waals surface area contributed by atoms with E-state index in [1.807, 2.05) is 30.3 Å². The Labute approximate surface area is 112 Å².